The Labute approximate surface area is 122 Å². The lowest BCUT2D eigenvalue weighted by atomic mass is 10.2. The van der Waals surface area contributed by atoms with Crippen molar-refractivity contribution in [1.82, 2.24) is 9.78 Å². The number of nitrogens with two attached hydrogens (primary N) is 1. The van der Waals surface area contributed by atoms with Gasteiger partial charge in [-0.15, -0.1) is 0 Å². The zero-order valence-electron chi connectivity index (χ0n) is 11.8. The van der Waals surface area contributed by atoms with E-state index in [0.717, 1.165) is 5.57 Å². The number of anilines is 1. The van der Waals surface area contributed by atoms with Crippen LogP contribution in [0, 0.1) is 0 Å². The monoisotopic (exact) mass is 284 g/mol. The summed E-state index contributed by atoms with van der Waals surface area (Å²) in [7, 11) is 0. The molecule has 0 spiro atoms. The number of benzene rings is 1. The number of nitrogens with zero attached hydrogens (tertiary/aromatic N) is 2. The number of amides is 2. The Bertz CT molecular complexity index is 712. The molecular formula is C15H16N4O2. The quantitative estimate of drug-likeness (QED) is 0.840. The molecule has 21 heavy (non-hydrogen) atoms. The molecule has 0 aliphatic heterocycles. The van der Waals surface area contributed by atoms with Gasteiger partial charge in [0.05, 0.1) is 11.4 Å². The van der Waals surface area contributed by atoms with E-state index in [4.69, 9.17) is 5.73 Å². The smallest absolute Gasteiger partial charge is 0.269 e. The third-order valence-electron chi connectivity index (χ3n) is 2.67. The number of carbonyl (C=O) groups excluding carboxylic acids is 2. The van der Waals surface area contributed by atoms with Gasteiger partial charge in [0.2, 0.25) is 5.91 Å². The van der Waals surface area contributed by atoms with Crippen molar-refractivity contribution in [2.75, 3.05) is 5.32 Å². The first-order valence-electron chi connectivity index (χ1n) is 6.38. The van der Waals surface area contributed by atoms with Gasteiger partial charge in [0.1, 0.15) is 5.69 Å². The summed E-state index contributed by atoms with van der Waals surface area (Å²) in [6.45, 7) is 3.69. The maximum atomic E-state index is 11.8. The van der Waals surface area contributed by atoms with Gasteiger partial charge in [-0.1, -0.05) is 17.7 Å². The fraction of sp³-hybridized carbons (Fsp3) is 0.133. The first kappa shape index (κ1) is 14.5. The lowest BCUT2D eigenvalue weighted by Gasteiger charge is -2.09. The predicted molar refractivity (Wildman–Crippen MR) is 80.1 cm³/mol. The van der Waals surface area contributed by atoms with E-state index in [1.807, 2.05) is 19.9 Å². The van der Waals surface area contributed by atoms with Crippen molar-refractivity contribution >= 4 is 17.5 Å². The molecule has 2 aromatic rings. The highest BCUT2D eigenvalue weighted by atomic mass is 16.2. The second-order valence-electron chi connectivity index (χ2n) is 4.74. The molecule has 0 saturated heterocycles. The van der Waals surface area contributed by atoms with Crippen LogP contribution < -0.4 is 11.1 Å². The summed E-state index contributed by atoms with van der Waals surface area (Å²) in [5.74, 6) is -0.815. The minimum Gasteiger partial charge on any atom is -0.364 e. The van der Waals surface area contributed by atoms with Crippen molar-refractivity contribution in [3.63, 3.8) is 0 Å². The van der Waals surface area contributed by atoms with Gasteiger partial charge in [0.25, 0.3) is 5.91 Å². The normalized spacial score (nSPS) is 10.0. The molecule has 2 amide bonds. The van der Waals surface area contributed by atoms with Crippen LogP contribution in [0.25, 0.3) is 5.69 Å². The molecule has 3 N–H and O–H groups in total. The Morgan fingerprint density at radius 1 is 1.24 bits per heavy atom. The Kier molecular flexibility index (Phi) is 4.18. The molecule has 6 nitrogen and oxygen atoms in total. The molecule has 1 aromatic heterocycles. The van der Waals surface area contributed by atoms with Crippen LogP contribution in [0.4, 0.5) is 5.69 Å². The van der Waals surface area contributed by atoms with E-state index < -0.39 is 5.91 Å². The number of allylic oxidation sites excluding steroid dienone is 1. The van der Waals surface area contributed by atoms with Crippen LogP contribution >= 0.6 is 0 Å². The molecule has 2 rings (SSSR count). The van der Waals surface area contributed by atoms with E-state index in [1.54, 1.807) is 24.4 Å². The summed E-state index contributed by atoms with van der Waals surface area (Å²) in [6, 6.07) is 8.70. The van der Waals surface area contributed by atoms with Crippen LogP contribution in [-0.4, -0.2) is 21.6 Å². The number of rotatable bonds is 4. The predicted octanol–water partition coefficient (Wildman–Crippen LogP) is 1.88. The largest absolute Gasteiger partial charge is 0.364 e. The number of hydrogen-bond acceptors (Lipinski definition) is 3. The summed E-state index contributed by atoms with van der Waals surface area (Å²) in [5.41, 5.74) is 7.51. The third kappa shape index (κ3) is 3.56. The third-order valence-corrected chi connectivity index (χ3v) is 2.67. The lowest BCUT2D eigenvalue weighted by Crippen LogP contribution is -2.13. The molecule has 108 valence electrons. The standard InChI is InChI=1S/C15H16N4O2/c1-10(2)9-14(20)17-11-5-3-4-6-13(11)19-8-7-12(18-19)15(16)21/h3-9H,1-2H3,(H2,16,21)(H,17,20). The lowest BCUT2D eigenvalue weighted by molar-refractivity contribution is -0.111. The van der Waals surface area contributed by atoms with Crippen LogP contribution in [-0.2, 0) is 4.79 Å². The molecule has 0 aliphatic rings. The highest BCUT2D eigenvalue weighted by molar-refractivity contribution is 6.01. The van der Waals surface area contributed by atoms with Gasteiger partial charge in [-0.2, -0.15) is 5.10 Å². The molecule has 0 aliphatic carbocycles. The van der Waals surface area contributed by atoms with E-state index in [0.29, 0.717) is 11.4 Å². The molecule has 0 bridgehead atoms. The number of aromatic nitrogens is 2. The van der Waals surface area contributed by atoms with E-state index in [2.05, 4.69) is 10.4 Å². The van der Waals surface area contributed by atoms with Gasteiger partial charge in [0.15, 0.2) is 0 Å². The highest BCUT2D eigenvalue weighted by Crippen LogP contribution is 2.19. The fourth-order valence-electron chi connectivity index (χ4n) is 1.80. The Morgan fingerprint density at radius 2 is 1.95 bits per heavy atom. The first-order chi connectivity index (χ1) is 9.97. The summed E-state index contributed by atoms with van der Waals surface area (Å²) in [4.78, 5) is 22.9. The van der Waals surface area contributed by atoms with E-state index in [1.165, 1.54) is 16.8 Å². The molecule has 1 heterocycles. The van der Waals surface area contributed by atoms with Gasteiger partial charge in [0, 0.05) is 12.3 Å². The summed E-state index contributed by atoms with van der Waals surface area (Å²) >= 11 is 0. The molecule has 1 aromatic carbocycles. The number of para-hydroxylation sites is 2. The van der Waals surface area contributed by atoms with Crippen molar-refractivity contribution in [1.29, 1.82) is 0 Å². The minimum atomic E-state index is -0.597. The SMILES string of the molecule is CC(C)=CC(=O)Nc1ccccc1-n1ccc(C(N)=O)n1. The van der Waals surface area contributed by atoms with Crippen LogP contribution in [0.5, 0.6) is 0 Å². The van der Waals surface area contributed by atoms with Gasteiger partial charge in [-0.05, 0) is 32.0 Å². The van der Waals surface area contributed by atoms with E-state index in [9.17, 15) is 9.59 Å². The molecule has 0 unspecified atom stereocenters. The van der Waals surface area contributed by atoms with Crippen molar-refractivity contribution in [2.24, 2.45) is 5.73 Å². The zero-order chi connectivity index (χ0) is 15.4. The fourth-order valence-corrected chi connectivity index (χ4v) is 1.80. The second-order valence-corrected chi connectivity index (χ2v) is 4.74. The van der Waals surface area contributed by atoms with Crippen molar-refractivity contribution < 1.29 is 9.59 Å². The van der Waals surface area contributed by atoms with Crippen LogP contribution in [0.3, 0.4) is 0 Å². The van der Waals surface area contributed by atoms with Gasteiger partial charge < -0.3 is 11.1 Å². The Balaban J connectivity index is 2.34. The average Bonchev–Trinajstić information content (AvgIpc) is 2.88. The maximum absolute atomic E-state index is 11.8. The molecular weight excluding hydrogens is 268 g/mol. The molecule has 6 heteroatoms. The number of hydrogen-bond donors (Lipinski definition) is 2. The van der Waals surface area contributed by atoms with Gasteiger partial charge >= 0.3 is 0 Å². The first-order valence-corrected chi connectivity index (χ1v) is 6.38. The van der Waals surface area contributed by atoms with Gasteiger partial charge in [-0.25, -0.2) is 4.68 Å². The molecule has 0 radical (unpaired) electrons. The Morgan fingerprint density at radius 3 is 2.57 bits per heavy atom. The second kappa shape index (κ2) is 6.04. The van der Waals surface area contributed by atoms with Crippen LogP contribution in [0.1, 0.15) is 24.3 Å². The van der Waals surface area contributed by atoms with Crippen LogP contribution in [0.2, 0.25) is 0 Å². The zero-order valence-corrected chi connectivity index (χ0v) is 11.8. The minimum absolute atomic E-state index is 0.167. The average molecular weight is 284 g/mol. The summed E-state index contributed by atoms with van der Waals surface area (Å²) in [6.07, 6.45) is 3.13. The topological polar surface area (TPSA) is 90.0 Å². The van der Waals surface area contributed by atoms with Crippen molar-refractivity contribution in [3.8, 4) is 5.69 Å². The van der Waals surface area contributed by atoms with E-state index >= 15 is 0 Å². The molecule has 0 atom stereocenters. The summed E-state index contributed by atoms with van der Waals surface area (Å²) in [5, 5.41) is 6.87. The molecule has 0 saturated carbocycles. The number of carbonyl (C=O) groups is 2. The summed E-state index contributed by atoms with van der Waals surface area (Å²) < 4.78 is 1.50. The van der Waals surface area contributed by atoms with Crippen molar-refractivity contribution in [3.05, 3.63) is 53.9 Å². The maximum Gasteiger partial charge on any atom is 0.269 e. The van der Waals surface area contributed by atoms with Crippen molar-refractivity contribution in [2.45, 2.75) is 13.8 Å². The number of primary amides is 1. The van der Waals surface area contributed by atoms with Crippen LogP contribution in [0.15, 0.2) is 48.2 Å². The number of nitrogens with one attached hydrogen (secondary N) is 1. The van der Waals surface area contributed by atoms with E-state index in [-0.39, 0.29) is 11.6 Å². The highest BCUT2D eigenvalue weighted by Gasteiger charge is 2.10. The Hall–Kier alpha value is -2.89. The van der Waals surface area contributed by atoms with Gasteiger partial charge in [-0.3, -0.25) is 9.59 Å². The molecule has 0 fully saturated rings.